The molecule has 228 valence electrons. The summed E-state index contributed by atoms with van der Waals surface area (Å²) in [6, 6.07) is 20.6. The number of aliphatic hydroxyl groups is 1. The van der Waals surface area contributed by atoms with Crippen molar-refractivity contribution in [1.82, 2.24) is 10.2 Å². The van der Waals surface area contributed by atoms with E-state index in [4.69, 9.17) is 21.1 Å². The van der Waals surface area contributed by atoms with Crippen LogP contribution in [0.15, 0.2) is 82.7 Å². The Morgan fingerprint density at radius 2 is 1.77 bits per heavy atom. The van der Waals surface area contributed by atoms with E-state index in [1.807, 2.05) is 37.3 Å². The summed E-state index contributed by atoms with van der Waals surface area (Å²) in [5.74, 6) is 0.179. The molecular formula is C33H32ClN3O5S2. The predicted octanol–water partition coefficient (Wildman–Crippen LogP) is 7.93. The highest BCUT2D eigenvalue weighted by Gasteiger charge is 2.48. The summed E-state index contributed by atoms with van der Waals surface area (Å²) in [6.07, 6.45) is 0.873. The van der Waals surface area contributed by atoms with E-state index in [0.29, 0.717) is 56.9 Å². The number of hydrogen-bond acceptors (Lipinski definition) is 9. The maximum Gasteiger partial charge on any atom is 0.301 e. The van der Waals surface area contributed by atoms with E-state index in [2.05, 4.69) is 24.0 Å². The molecular weight excluding hydrogens is 618 g/mol. The number of anilines is 1. The van der Waals surface area contributed by atoms with E-state index in [-0.39, 0.29) is 16.5 Å². The fourth-order valence-electron chi connectivity index (χ4n) is 4.70. The van der Waals surface area contributed by atoms with Gasteiger partial charge in [0.25, 0.3) is 5.78 Å². The van der Waals surface area contributed by atoms with Gasteiger partial charge in [-0.1, -0.05) is 103 Å². The zero-order chi connectivity index (χ0) is 31.2. The molecule has 5 rings (SSSR count). The molecule has 1 fully saturated rings. The third-order valence-corrected chi connectivity index (χ3v) is 9.41. The van der Waals surface area contributed by atoms with Gasteiger partial charge in [-0.05, 0) is 48.6 Å². The van der Waals surface area contributed by atoms with Crippen LogP contribution in [0.3, 0.4) is 0 Å². The molecule has 3 aromatic carbocycles. The number of ketones is 1. The van der Waals surface area contributed by atoms with Gasteiger partial charge >= 0.3 is 5.91 Å². The number of benzene rings is 3. The number of ether oxygens (including phenoxy) is 2. The van der Waals surface area contributed by atoms with Crippen LogP contribution in [0.5, 0.6) is 11.5 Å². The largest absolute Gasteiger partial charge is 0.507 e. The quantitative estimate of drug-likeness (QED) is 0.0543. The molecule has 0 spiro atoms. The number of Topliss-reactive ketones (excluding diaryl/α,β-unsaturated/α-hetero) is 1. The minimum Gasteiger partial charge on any atom is -0.507 e. The van der Waals surface area contributed by atoms with Gasteiger partial charge in [0, 0.05) is 16.3 Å². The van der Waals surface area contributed by atoms with Crippen molar-refractivity contribution < 1.29 is 24.2 Å². The summed E-state index contributed by atoms with van der Waals surface area (Å²) in [5, 5.41) is 20.9. The Morgan fingerprint density at radius 1 is 1.02 bits per heavy atom. The first-order valence-corrected chi connectivity index (χ1v) is 16.4. The number of hydrogen-bond donors (Lipinski definition) is 1. The minimum atomic E-state index is -0.978. The van der Waals surface area contributed by atoms with Gasteiger partial charge in [-0.15, -0.1) is 10.2 Å². The van der Waals surface area contributed by atoms with E-state index in [1.54, 1.807) is 42.5 Å². The van der Waals surface area contributed by atoms with Crippen LogP contribution in [0.1, 0.15) is 49.9 Å². The lowest BCUT2D eigenvalue weighted by atomic mass is 9.95. The molecule has 1 N–H and O–H groups in total. The first-order chi connectivity index (χ1) is 21.3. The second-order valence-corrected chi connectivity index (χ2v) is 13.0. The van der Waals surface area contributed by atoms with Gasteiger partial charge in [0.05, 0.1) is 24.8 Å². The first-order valence-electron chi connectivity index (χ1n) is 14.2. The Morgan fingerprint density at radius 3 is 2.50 bits per heavy atom. The van der Waals surface area contributed by atoms with Crippen molar-refractivity contribution >= 4 is 57.3 Å². The number of rotatable bonds is 12. The lowest BCUT2D eigenvalue weighted by molar-refractivity contribution is -0.132. The lowest BCUT2D eigenvalue weighted by Crippen LogP contribution is -2.29. The average molecular weight is 650 g/mol. The fourth-order valence-corrected chi connectivity index (χ4v) is 6.85. The van der Waals surface area contributed by atoms with Crippen LogP contribution < -0.4 is 14.4 Å². The molecule has 1 saturated heterocycles. The zero-order valence-corrected chi connectivity index (χ0v) is 26.9. The molecule has 1 aromatic heterocycles. The first kappa shape index (κ1) is 31.6. The summed E-state index contributed by atoms with van der Waals surface area (Å²) in [4.78, 5) is 28.5. The van der Waals surface area contributed by atoms with Crippen molar-refractivity contribution in [2.75, 3.05) is 18.1 Å². The van der Waals surface area contributed by atoms with E-state index >= 15 is 0 Å². The van der Waals surface area contributed by atoms with Crippen molar-refractivity contribution in [3.63, 3.8) is 0 Å². The van der Waals surface area contributed by atoms with Crippen LogP contribution in [-0.2, 0) is 15.3 Å². The third-order valence-electron chi connectivity index (χ3n) is 6.94. The summed E-state index contributed by atoms with van der Waals surface area (Å²) >= 11 is 8.94. The minimum absolute atomic E-state index is 0.0439. The Bertz CT molecular complexity index is 1670. The number of amides is 1. The molecule has 11 heteroatoms. The van der Waals surface area contributed by atoms with E-state index in [1.165, 1.54) is 28.0 Å². The average Bonchev–Trinajstić information content (AvgIpc) is 3.59. The summed E-state index contributed by atoms with van der Waals surface area (Å²) < 4.78 is 12.6. The Balaban J connectivity index is 1.55. The molecule has 1 atom stereocenters. The van der Waals surface area contributed by atoms with Crippen molar-refractivity contribution in [3.05, 3.63) is 100 Å². The fraction of sp³-hybridized carbons (Fsp3) is 0.273. The molecule has 1 aliphatic heterocycles. The van der Waals surface area contributed by atoms with Crippen molar-refractivity contribution in [1.29, 1.82) is 0 Å². The highest BCUT2D eigenvalue weighted by molar-refractivity contribution is 8.00. The number of nitrogens with zero attached hydrogens (tertiary/aromatic N) is 3. The Hall–Kier alpha value is -3.86. The molecule has 1 unspecified atom stereocenters. The molecule has 44 heavy (non-hydrogen) atoms. The SMILES string of the molecule is CCOc1cc(C2C(=C(O)c3ccccc3)C(=O)C(=O)N2c2nnc(SCc3ccccc3Cl)s2)ccc1OCCC(C)C. The predicted molar refractivity (Wildman–Crippen MR) is 175 cm³/mol. The topological polar surface area (TPSA) is 102 Å². The smallest absolute Gasteiger partial charge is 0.301 e. The van der Waals surface area contributed by atoms with Gasteiger partial charge in [0.1, 0.15) is 5.76 Å². The van der Waals surface area contributed by atoms with Gasteiger partial charge in [-0.2, -0.15) is 0 Å². The molecule has 0 saturated carbocycles. The Kier molecular flexibility index (Phi) is 10.2. The maximum atomic E-state index is 13.6. The van der Waals surface area contributed by atoms with Gasteiger partial charge in [-0.3, -0.25) is 14.5 Å². The van der Waals surface area contributed by atoms with Gasteiger partial charge < -0.3 is 14.6 Å². The van der Waals surface area contributed by atoms with E-state index in [0.717, 1.165) is 12.0 Å². The number of aromatic nitrogens is 2. The lowest BCUT2D eigenvalue weighted by Gasteiger charge is -2.23. The van der Waals surface area contributed by atoms with Crippen LogP contribution in [0.4, 0.5) is 5.13 Å². The normalized spacial score (nSPS) is 16.1. The van der Waals surface area contributed by atoms with Crippen molar-refractivity contribution in [2.24, 2.45) is 5.92 Å². The number of aliphatic hydroxyl groups excluding tert-OH is 1. The second-order valence-electron chi connectivity index (χ2n) is 10.4. The highest BCUT2D eigenvalue weighted by Crippen LogP contribution is 2.45. The number of halogens is 1. The monoisotopic (exact) mass is 649 g/mol. The Labute approximate surface area is 269 Å². The van der Waals surface area contributed by atoms with Crippen LogP contribution in [0.2, 0.25) is 5.02 Å². The molecule has 0 bridgehead atoms. The summed E-state index contributed by atoms with van der Waals surface area (Å²) in [5.41, 5.74) is 1.88. The number of carbonyl (C=O) groups excluding carboxylic acids is 2. The third kappa shape index (κ3) is 6.93. The standard InChI is InChI=1S/C33H32ClN3O5S2/c1-4-41-26-18-22(14-15-25(26)42-17-16-20(2)3)28-27(29(38)21-10-6-5-7-11-21)30(39)31(40)37(28)32-35-36-33(44-32)43-19-23-12-8-9-13-24(23)34/h5-15,18,20,28,38H,4,16-17,19H2,1-3H3. The summed E-state index contributed by atoms with van der Waals surface area (Å²) in [6.45, 7) is 7.02. The van der Waals surface area contributed by atoms with E-state index < -0.39 is 17.7 Å². The van der Waals surface area contributed by atoms with Crippen LogP contribution in [0.25, 0.3) is 5.76 Å². The highest BCUT2D eigenvalue weighted by atomic mass is 35.5. The number of carbonyl (C=O) groups is 2. The molecule has 1 aliphatic rings. The molecule has 0 aliphatic carbocycles. The summed E-state index contributed by atoms with van der Waals surface area (Å²) in [7, 11) is 0. The van der Waals surface area contributed by atoms with Crippen LogP contribution in [0, 0.1) is 5.92 Å². The van der Waals surface area contributed by atoms with Gasteiger partial charge in [-0.25, -0.2) is 0 Å². The zero-order valence-electron chi connectivity index (χ0n) is 24.5. The van der Waals surface area contributed by atoms with Gasteiger partial charge in [0.15, 0.2) is 15.8 Å². The van der Waals surface area contributed by atoms with E-state index in [9.17, 15) is 14.7 Å². The molecule has 0 radical (unpaired) electrons. The van der Waals surface area contributed by atoms with Crippen molar-refractivity contribution in [3.8, 4) is 11.5 Å². The molecule has 2 heterocycles. The van der Waals surface area contributed by atoms with Crippen LogP contribution in [-0.4, -0.2) is 40.2 Å². The number of thioether (sulfide) groups is 1. The second kappa shape index (κ2) is 14.3. The van der Waals surface area contributed by atoms with Crippen LogP contribution >= 0.6 is 34.7 Å². The van der Waals surface area contributed by atoms with Crippen molar-refractivity contribution in [2.45, 2.75) is 43.3 Å². The maximum absolute atomic E-state index is 13.6. The van der Waals surface area contributed by atoms with Gasteiger partial charge in [0.2, 0.25) is 5.13 Å². The molecule has 1 amide bonds. The molecule has 8 nitrogen and oxygen atoms in total. The molecule has 4 aromatic rings.